The first kappa shape index (κ1) is 65.7. The number of aromatic nitrogens is 9. The zero-order valence-electron chi connectivity index (χ0n) is 49.7. The third-order valence-corrected chi connectivity index (χ3v) is 12.8. The van der Waals surface area contributed by atoms with Crippen LogP contribution >= 0.6 is 0 Å². The summed E-state index contributed by atoms with van der Waals surface area (Å²) in [6.07, 6.45) is 8.13. The molecule has 0 fully saturated rings. The molecule has 87 heavy (non-hydrogen) atoms. The molecule has 0 unspecified atom stereocenters. The van der Waals surface area contributed by atoms with Gasteiger partial charge < -0.3 is 95.9 Å². The van der Waals surface area contributed by atoms with E-state index in [4.69, 9.17) is 0 Å². The maximum Gasteiger partial charge on any atom is 0.291 e. The van der Waals surface area contributed by atoms with Gasteiger partial charge in [0.2, 0.25) is 41.1 Å². The van der Waals surface area contributed by atoms with Gasteiger partial charge in [-0.25, -0.2) is 15.0 Å². The molecule has 6 rings (SSSR count). The number of imidazole rings is 3. The first-order valence-corrected chi connectivity index (χ1v) is 27.4. The molecule has 0 saturated carbocycles. The van der Waals surface area contributed by atoms with Crippen molar-refractivity contribution >= 4 is 99.5 Å². The van der Waals surface area contributed by atoms with Gasteiger partial charge in [0.15, 0.2) is 17.5 Å². The molecule has 0 aliphatic carbocycles. The van der Waals surface area contributed by atoms with Crippen LogP contribution in [0.3, 0.4) is 0 Å². The molecule has 466 valence electrons. The lowest BCUT2D eigenvalue weighted by atomic mass is 10.2. The number of aliphatic hydroxyl groups is 1. The summed E-state index contributed by atoms with van der Waals surface area (Å²) in [6, 6.07) is 4.38. The number of nitrogens with zero attached hydrogens (tertiary/aromatic N) is 10. The van der Waals surface area contributed by atoms with Crippen LogP contribution in [0.15, 0.2) is 55.4 Å². The van der Waals surface area contributed by atoms with Crippen molar-refractivity contribution in [3.8, 4) is 0 Å². The topological polar surface area (TPSA) is 412 Å². The molecule has 0 spiro atoms. The van der Waals surface area contributed by atoms with Gasteiger partial charge >= 0.3 is 0 Å². The Labute approximate surface area is 498 Å². The van der Waals surface area contributed by atoms with E-state index in [1.54, 1.807) is 46.0 Å². The largest absolute Gasteiger partial charge is 0.383 e. The minimum atomic E-state index is -1.56. The number of nitrogens with one attached hydrogen (secondary N) is 11. The Morgan fingerprint density at radius 3 is 1.32 bits per heavy atom. The van der Waals surface area contributed by atoms with Gasteiger partial charge in [-0.15, -0.1) is 0 Å². The van der Waals surface area contributed by atoms with Crippen LogP contribution in [0.1, 0.15) is 109 Å². The number of hydrogen-bond donors (Lipinski definition) is 12. The van der Waals surface area contributed by atoms with E-state index in [2.05, 4.69) is 73.4 Å². The number of anilines is 6. The molecule has 6 aromatic heterocycles. The highest BCUT2D eigenvalue weighted by Crippen LogP contribution is 2.19. The molecule has 0 aliphatic rings. The lowest BCUT2D eigenvalue weighted by Crippen LogP contribution is -2.34. The van der Waals surface area contributed by atoms with Gasteiger partial charge in [0.1, 0.15) is 23.2 Å². The molecule has 11 amide bonds. The smallest absolute Gasteiger partial charge is 0.291 e. The highest BCUT2D eigenvalue weighted by Gasteiger charge is 2.24. The maximum absolute atomic E-state index is 13.3. The summed E-state index contributed by atoms with van der Waals surface area (Å²) in [7, 11) is 13.4. The summed E-state index contributed by atoms with van der Waals surface area (Å²) >= 11 is 0. The number of hydrogen-bond acceptors (Lipinski definition) is 16. The molecule has 1 atom stereocenters. The molecule has 6 heterocycles. The van der Waals surface area contributed by atoms with Crippen LogP contribution < -0.4 is 58.5 Å². The third-order valence-electron chi connectivity index (χ3n) is 12.8. The third kappa shape index (κ3) is 19.3. The van der Waals surface area contributed by atoms with Gasteiger partial charge in [-0.1, -0.05) is 0 Å². The fourth-order valence-electron chi connectivity index (χ4n) is 8.53. The van der Waals surface area contributed by atoms with Crippen molar-refractivity contribution < 1.29 is 57.8 Å². The van der Waals surface area contributed by atoms with E-state index in [0.717, 1.165) is 13.0 Å². The highest BCUT2D eigenvalue weighted by molar-refractivity contribution is 6.05. The molecule has 33 nitrogen and oxygen atoms in total. The number of amides is 11. The van der Waals surface area contributed by atoms with E-state index in [-0.39, 0.29) is 133 Å². The summed E-state index contributed by atoms with van der Waals surface area (Å²) in [4.78, 5) is 154. The van der Waals surface area contributed by atoms with Crippen molar-refractivity contribution in [2.24, 2.45) is 42.3 Å². The summed E-state index contributed by atoms with van der Waals surface area (Å²) in [6.45, 7) is 2.79. The Bertz CT molecular complexity index is 3540. The SMILES string of the molecule is CC(=O)Nc1cn(C)c(C(=O)NCC[C@H](O)C(=O)Nc2cn(C)c(C(=O)Nc3cc(C(=O)NCCCC(=O)Nc4cn(C)c(C(=O)Nc5cc(C(=O)NCCC(=O)Nc6cc(C(=O)NCCC(=O)NCCCN(C)C)n(C)c6)n(C)c5)n4)n(C)c3)n2)n1. The normalized spacial score (nSPS) is 11.3. The van der Waals surface area contributed by atoms with Gasteiger partial charge in [-0.3, -0.25) is 52.7 Å². The predicted octanol–water partition coefficient (Wildman–Crippen LogP) is -0.420. The van der Waals surface area contributed by atoms with Crippen molar-refractivity contribution in [2.45, 2.75) is 51.6 Å². The highest BCUT2D eigenvalue weighted by atomic mass is 16.3. The Hall–Kier alpha value is -10.4. The fraction of sp³-hybridized carbons (Fsp3) is 0.407. The van der Waals surface area contributed by atoms with Crippen LogP contribution in [0.2, 0.25) is 0 Å². The molecular weight excluding hydrogens is 1130 g/mol. The predicted molar refractivity (Wildman–Crippen MR) is 317 cm³/mol. The second-order valence-corrected chi connectivity index (χ2v) is 20.5. The van der Waals surface area contributed by atoms with Gasteiger partial charge in [0.25, 0.3) is 41.4 Å². The van der Waals surface area contributed by atoms with Gasteiger partial charge in [-0.05, 0) is 58.1 Å². The summed E-state index contributed by atoms with van der Waals surface area (Å²) in [5, 5.41) is 39.5. The van der Waals surface area contributed by atoms with Crippen molar-refractivity contribution in [1.29, 1.82) is 0 Å². The minimum absolute atomic E-state index is 0.000309. The van der Waals surface area contributed by atoms with E-state index in [1.807, 2.05) is 19.0 Å². The zero-order chi connectivity index (χ0) is 63.6. The van der Waals surface area contributed by atoms with Crippen LogP contribution in [-0.4, -0.2) is 177 Å². The average Bonchev–Trinajstić information content (AvgIpc) is 3.30. The Balaban J connectivity index is 0.866. The minimum Gasteiger partial charge on any atom is -0.383 e. The molecule has 6 aromatic rings. The summed E-state index contributed by atoms with van der Waals surface area (Å²) < 4.78 is 8.67. The van der Waals surface area contributed by atoms with Crippen LogP contribution in [0.25, 0.3) is 0 Å². The van der Waals surface area contributed by atoms with E-state index >= 15 is 0 Å². The number of aliphatic hydroxyl groups excluding tert-OH is 1. The molecule has 12 N–H and O–H groups in total. The summed E-state index contributed by atoms with van der Waals surface area (Å²) in [5.74, 6) is -5.51. The molecule has 33 heteroatoms. The second kappa shape index (κ2) is 30.4. The quantitative estimate of drug-likeness (QED) is 0.0255. The van der Waals surface area contributed by atoms with Crippen molar-refractivity contribution in [3.05, 3.63) is 89.9 Å². The molecule has 0 bridgehead atoms. The molecule has 0 saturated heterocycles. The molecule has 0 radical (unpaired) electrons. The monoisotopic (exact) mass is 1210 g/mol. The van der Waals surface area contributed by atoms with Crippen molar-refractivity contribution in [3.63, 3.8) is 0 Å². The number of carbonyl (C=O) groups excluding carboxylic acids is 11. The van der Waals surface area contributed by atoms with Crippen LogP contribution in [-0.2, 0) is 66.3 Å². The average molecular weight is 1210 g/mol. The lowest BCUT2D eigenvalue weighted by molar-refractivity contribution is -0.124. The van der Waals surface area contributed by atoms with Crippen molar-refractivity contribution in [1.82, 2.24) is 73.8 Å². The van der Waals surface area contributed by atoms with Gasteiger partial charge in [0.05, 0.1) is 17.1 Å². The lowest BCUT2D eigenvalue weighted by Gasteiger charge is -2.10. The van der Waals surface area contributed by atoms with Crippen LogP contribution in [0.5, 0.6) is 0 Å². The maximum atomic E-state index is 13.3. The zero-order valence-corrected chi connectivity index (χ0v) is 49.7. The van der Waals surface area contributed by atoms with Crippen LogP contribution in [0, 0.1) is 0 Å². The molecule has 0 aromatic carbocycles. The second-order valence-electron chi connectivity index (χ2n) is 20.5. The molecule has 0 aliphatic heterocycles. The van der Waals surface area contributed by atoms with Crippen LogP contribution in [0.4, 0.5) is 34.5 Å². The van der Waals surface area contributed by atoms with E-state index < -0.39 is 59.3 Å². The van der Waals surface area contributed by atoms with Gasteiger partial charge in [0, 0.05) is 138 Å². The van der Waals surface area contributed by atoms with E-state index in [0.29, 0.717) is 12.2 Å². The Morgan fingerprint density at radius 1 is 0.437 bits per heavy atom. The number of aryl methyl sites for hydroxylation is 6. The van der Waals surface area contributed by atoms with Gasteiger partial charge in [-0.2, -0.15) is 0 Å². The fourth-order valence-corrected chi connectivity index (χ4v) is 8.53. The first-order valence-electron chi connectivity index (χ1n) is 27.4. The Morgan fingerprint density at radius 2 is 0.839 bits per heavy atom. The van der Waals surface area contributed by atoms with E-state index in [9.17, 15) is 57.8 Å². The molecular formula is C54H73N21O12. The standard InChI is InChI=1S/C54H73N21O12/c1-31(76)60-39-28-73(7)45(65-39)52(85)59-18-13-38(77)51(84)68-41-30-75(9)47(67-41)54(87)63-33-23-36(71(5)26-33)48(81)56-16-10-12-43(79)64-40-29-74(8)46(66-40)53(86)62-34-24-37(72(6)27-34)50(83)58-20-15-44(80)61-32-22-35(70(4)25-32)49(82)57-19-14-42(78)55-17-11-21-69(2)3/h22-30,38,77H,10-21H2,1-9H3,(H,55,78)(H,56,81)(H,57,82)(H,58,83)(H,59,85)(H,60,76)(H,61,80)(H,62,86)(H,63,87)(H,64,79)(H,68,84)/t38-/m0/s1. The van der Waals surface area contributed by atoms with Crippen molar-refractivity contribution in [2.75, 3.05) is 85.3 Å². The number of rotatable bonds is 30. The Kier molecular flexibility index (Phi) is 23.0. The number of carbonyl (C=O) groups is 11. The van der Waals surface area contributed by atoms with E-state index in [1.165, 1.54) is 86.0 Å². The first-order chi connectivity index (χ1) is 41.2. The summed E-state index contributed by atoms with van der Waals surface area (Å²) in [5.41, 5.74) is 1.52.